The Kier molecular flexibility index (Phi) is 13.8. The van der Waals surface area contributed by atoms with Crippen LogP contribution in [0, 0.1) is 0 Å². The van der Waals surface area contributed by atoms with Gasteiger partial charge >= 0.3 is 0 Å². The number of allylic oxidation sites excluding steroid dienone is 4. The highest BCUT2D eigenvalue weighted by molar-refractivity contribution is 7.82. The Morgan fingerprint density at radius 3 is 0.650 bits per heavy atom. The lowest BCUT2D eigenvalue weighted by Crippen LogP contribution is -1.99. The first-order valence-corrected chi connectivity index (χ1v) is 20.3. The highest BCUT2D eigenvalue weighted by Gasteiger charge is 2.14. The predicted octanol–water partition coefficient (Wildman–Crippen LogP) is 12.5. The molecule has 0 atom stereocenters. The first-order valence-electron chi connectivity index (χ1n) is 18.7. The second kappa shape index (κ2) is 19.2. The van der Waals surface area contributed by atoms with E-state index >= 15 is 0 Å². The monoisotopic (exact) mass is 850 g/mol. The summed E-state index contributed by atoms with van der Waals surface area (Å²) in [4.78, 5) is 11.8. The van der Waals surface area contributed by atoms with Crippen molar-refractivity contribution in [2.24, 2.45) is 0 Å². The molecule has 4 aliphatic carbocycles. The molecule has 292 valence electrons. The number of benzene rings is 8. The second-order valence-electron chi connectivity index (χ2n) is 13.8. The normalized spacial score (nSPS) is 12.7. The van der Waals surface area contributed by atoms with E-state index in [9.17, 15) is 0 Å². The summed E-state index contributed by atoms with van der Waals surface area (Å²) in [5.41, 5.74) is 9.84. The zero-order valence-electron chi connectivity index (χ0n) is 32.2. The molecular formula is C53H38O3S4. The van der Waals surface area contributed by atoms with Crippen molar-refractivity contribution in [2.75, 3.05) is 0 Å². The lowest BCUT2D eigenvalue weighted by Gasteiger charge is -2.12. The van der Waals surface area contributed by atoms with Crippen LogP contribution < -0.4 is 0 Å². The van der Waals surface area contributed by atoms with Crippen LogP contribution >= 0.6 is 48.9 Å². The molecular weight excluding hydrogens is 813 g/mol. The Balaban J connectivity index is 0.000000131. The molecule has 0 saturated heterocycles. The molecule has 0 radical (unpaired) electrons. The number of carbonyl (C=O) groups excluding carboxylic acids is 1. The fourth-order valence-electron chi connectivity index (χ4n) is 7.88. The molecule has 4 N–H and O–H groups in total. The third kappa shape index (κ3) is 8.41. The largest absolute Gasteiger partial charge is 0.412 e. The highest BCUT2D eigenvalue weighted by atomic mass is 32.1. The van der Waals surface area contributed by atoms with E-state index in [0.717, 1.165) is 19.5 Å². The van der Waals surface area contributed by atoms with E-state index in [0.29, 0.717) is 0 Å². The van der Waals surface area contributed by atoms with Gasteiger partial charge in [-0.15, -0.1) is 0 Å². The molecule has 0 amide bonds. The quantitative estimate of drug-likeness (QED) is 0.142. The van der Waals surface area contributed by atoms with Crippen LogP contribution in [0.25, 0.3) is 67.4 Å². The van der Waals surface area contributed by atoms with Crippen molar-refractivity contribution in [1.29, 1.82) is 0 Å². The van der Waals surface area contributed by atoms with E-state index in [4.69, 9.17) is 53.7 Å². The van der Waals surface area contributed by atoms with E-state index in [-0.39, 0.29) is 11.0 Å². The van der Waals surface area contributed by atoms with Crippen molar-refractivity contribution >= 4 is 143 Å². The number of carbonyl (C=O) groups is 1. The van der Waals surface area contributed by atoms with Crippen molar-refractivity contribution in [2.45, 2.75) is 0 Å². The first-order chi connectivity index (χ1) is 28.4. The third-order valence-electron chi connectivity index (χ3n) is 10.5. The van der Waals surface area contributed by atoms with Gasteiger partial charge in [0.1, 0.15) is 6.79 Å². The number of hydrogen-bond donors (Lipinski definition) is 0. The van der Waals surface area contributed by atoms with Gasteiger partial charge in [0.2, 0.25) is 0 Å². The van der Waals surface area contributed by atoms with Gasteiger partial charge in [-0.05, 0) is 89.6 Å². The van der Waals surface area contributed by atoms with Gasteiger partial charge in [0, 0.05) is 41.7 Å². The zero-order valence-corrected chi connectivity index (χ0v) is 35.5. The molecule has 0 bridgehead atoms. The van der Waals surface area contributed by atoms with Gasteiger partial charge in [0.05, 0.1) is 0 Å². The maximum Gasteiger partial charge on any atom is 0.106 e. The van der Waals surface area contributed by atoms with E-state index in [1.165, 1.54) is 87.6 Å². The highest BCUT2D eigenvalue weighted by Crippen LogP contribution is 2.32. The fourth-order valence-corrected chi connectivity index (χ4v) is 8.83. The molecule has 0 saturated carbocycles. The maximum atomic E-state index is 8.00. The summed E-state index contributed by atoms with van der Waals surface area (Å²) < 4.78 is 0. The molecule has 0 spiro atoms. The van der Waals surface area contributed by atoms with Crippen molar-refractivity contribution in [1.82, 2.24) is 0 Å². The first kappa shape index (κ1) is 43.3. The number of rotatable bonds is 0. The molecule has 8 aromatic carbocycles. The molecule has 3 nitrogen and oxygen atoms in total. The van der Waals surface area contributed by atoms with Crippen LogP contribution in [0.5, 0.6) is 0 Å². The molecule has 0 aliphatic heterocycles. The van der Waals surface area contributed by atoms with Gasteiger partial charge in [-0.25, -0.2) is 0 Å². The summed E-state index contributed by atoms with van der Waals surface area (Å²) in [5.74, 6) is 0. The van der Waals surface area contributed by atoms with Gasteiger partial charge in [-0.2, -0.15) is 0 Å². The topological polar surface area (TPSA) is 80.1 Å². The van der Waals surface area contributed by atoms with Crippen molar-refractivity contribution < 1.29 is 15.7 Å². The summed E-state index contributed by atoms with van der Waals surface area (Å²) in [6, 6.07) is 50.5. The van der Waals surface area contributed by atoms with Crippen LogP contribution in [0.3, 0.4) is 0 Å². The van der Waals surface area contributed by atoms with Gasteiger partial charge in [0.25, 0.3) is 0 Å². The van der Waals surface area contributed by atoms with Crippen LogP contribution in [0.1, 0.15) is 44.5 Å². The Morgan fingerprint density at radius 1 is 0.267 bits per heavy atom. The van der Waals surface area contributed by atoms with Gasteiger partial charge in [0.15, 0.2) is 0 Å². The molecule has 0 fully saturated rings. The summed E-state index contributed by atoms with van der Waals surface area (Å²) in [7, 11) is 0. The predicted molar refractivity (Wildman–Crippen MR) is 273 cm³/mol. The lowest BCUT2D eigenvalue weighted by atomic mass is 9.93. The average Bonchev–Trinajstić information content (AvgIpc) is 3.28. The minimum atomic E-state index is 0. The Labute approximate surface area is 370 Å². The van der Waals surface area contributed by atoms with E-state index in [1.807, 2.05) is 31.1 Å². The van der Waals surface area contributed by atoms with Crippen LogP contribution in [-0.4, -0.2) is 37.2 Å². The Hall–Kier alpha value is -6.29. The van der Waals surface area contributed by atoms with E-state index in [2.05, 4.69) is 170 Å². The molecule has 12 rings (SSSR count). The molecule has 4 aliphatic rings. The Bertz CT molecular complexity index is 2690. The Morgan fingerprint density at radius 2 is 0.450 bits per heavy atom. The van der Waals surface area contributed by atoms with Crippen molar-refractivity contribution in [3.05, 3.63) is 214 Å². The summed E-state index contributed by atoms with van der Waals surface area (Å²) >= 11 is 21.2. The van der Waals surface area contributed by atoms with Gasteiger partial charge in [-0.1, -0.05) is 219 Å². The van der Waals surface area contributed by atoms with E-state index < -0.39 is 0 Å². The molecule has 0 aromatic heterocycles. The third-order valence-corrected chi connectivity index (χ3v) is 11.9. The van der Waals surface area contributed by atoms with E-state index in [1.54, 1.807) is 0 Å². The average molecular weight is 851 g/mol. The summed E-state index contributed by atoms with van der Waals surface area (Å²) in [6.07, 6.45) is 16.4. The van der Waals surface area contributed by atoms with Crippen LogP contribution in [-0.2, 0) is 4.79 Å². The molecule has 0 heterocycles. The number of hydrogen-bond acceptors (Lipinski definition) is 5. The van der Waals surface area contributed by atoms with Crippen LogP contribution in [0.2, 0.25) is 0 Å². The second-order valence-corrected chi connectivity index (χ2v) is 15.6. The van der Waals surface area contributed by atoms with Crippen molar-refractivity contribution in [3.63, 3.8) is 0 Å². The molecule has 7 heteroatoms. The zero-order chi connectivity index (χ0) is 40.2. The standard InChI is InChI=1S/4C13H8S.CH2O.2H2O/c4*14-12-8-7-10-4-1-3-9-5-2-6-11(12)13(9)10;1-2;;/h4*1-8H;1H2;2*1H2. The van der Waals surface area contributed by atoms with Gasteiger partial charge < -0.3 is 15.7 Å². The van der Waals surface area contributed by atoms with Gasteiger partial charge in [-0.3, -0.25) is 0 Å². The van der Waals surface area contributed by atoms with Crippen molar-refractivity contribution in [3.8, 4) is 0 Å². The molecule has 60 heavy (non-hydrogen) atoms. The summed E-state index contributed by atoms with van der Waals surface area (Å²) in [5, 5.41) is 10.3. The smallest absolute Gasteiger partial charge is 0.106 e. The minimum Gasteiger partial charge on any atom is -0.412 e. The van der Waals surface area contributed by atoms with Crippen LogP contribution in [0.4, 0.5) is 0 Å². The molecule has 8 aromatic rings. The lowest BCUT2D eigenvalue weighted by molar-refractivity contribution is -0.0980. The van der Waals surface area contributed by atoms with Crippen LogP contribution in [0.15, 0.2) is 170 Å². The molecule has 0 unspecified atom stereocenters. The fraction of sp³-hybridized carbons (Fsp3) is 0. The number of thiocarbonyl (C=S) groups is 4. The minimum absolute atomic E-state index is 0. The summed E-state index contributed by atoms with van der Waals surface area (Å²) in [6.45, 7) is 2.00. The maximum absolute atomic E-state index is 8.00. The SMILES string of the molecule is C=O.O.O.S=C1C=Cc2cccc3cccc1c23.S=C1C=Cc2cccc3cccc1c23.S=C1C=Cc2cccc3cccc1c23.S=C1C=Cc2cccc3cccc1c23.